The third-order valence-corrected chi connectivity index (χ3v) is 3.88. The highest BCUT2D eigenvalue weighted by atomic mass is 16.6. The standard InChI is InChI=1S/C17H23N5O2/c1-17(2,3)24-16(23)22-7-6-19-9-14(22)15-12-8-11(18)4-5-13(12)20-10-21-15/h4-5,8,10,14,19H,6-7,9,18H2,1-3H3. The van der Waals surface area contributed by atoms with E-state index in [0.717, 1.165) is 23.1 Å². The molecule has 3 rings (SSSR count). The Bertz CT molecular complexity index is 756. The highest BCUT2D eigenvalue weighted by Gasteiger charge is 2.33. The van der Waals surface area contributed by atoms with Gasteiger partial charge in [-0.25, -0.2) is 14.8 Å². The normalized spacial score (nSPS) is 18.6. The zero-order valence-corrected chi connectivity index (χ0v) is 14.2. The number of carbonyl (C=O) groups is 1. The maximum atomic E-state index is 12.6. The highest BCUT2D eigenvalue weighted by molar-refractivity contribution is 5.84. The van der Waals surface area contributed by atoms with Crippen LogP contribution in [-0.4, -0.2) is 46.2 Å². The van der Waals surface area contributed by atoms with E-state index in [4.69, 9.17) is 10.5 Å². The van der Waals surface area contributed by atoms with Gasteiger partial charge in [-0.15, -0.1) is 0 Å². The van der Waals surface area contributed by atoms with Gasteiger partial charge in [-0.1, -0.05) is 0 Å². The fourth-order valence-corrected chi connectivity index (χ4v) is 2.85. The van der Waals surface area contributed by atoms with Crippen molar-refractivity contribution >= 4 is 22.7 Å². The predicted octanol–water partition coefficient (Wildman–Crippen LogP) is 2.09. The lowest BCUT2D eigenvalue weighted by atomic mass is 10.0. The van der Waals surface area contributed by atoms with E-state index in [1.807, 2.05) is 39.0 Å². The maximum absolute atomic E-state index is 12.6. The molecular weight excluding hydrogens is 306 g/mol. The molecule has 1 aromatic carbocycles. The topological polar surface area (TPSA) is 93.4 Å². The summed E-state index contributed by atoms with van der Waals surface area (Å²) in [5.41, 5.74) is 7.62. The number of anilines is 1. The van der Waals surface area contributed by atoms with Crippen molar-refractivity contribution in [2.45, 2.75) is 32.4 Å². The summed E-state index contributed by atoms with van der Waals surface area (Å²) in [6.07, 6.45) is 1.19. The number of nitrogens with zero attached hydrogens (tertiary/aromatic N) is 3. The Morgan fingerprint density at radius 2 is 2.17 bits per heavy atom. The van der Waals surface area contributed by atoms with Crippen LogP contribution in [0.15, 0.2) is 24.5 Å². The van der Waals surface area contributed by atoms with E-state index in [0.29, 0.717) is 18.8 Å². The van der Waals surface area contributed by atoms with Crippen LogP contribution in [0, 0.1) is 0 Å². The molecule has 1 aliphatic heterocycles. The summed E-state index contributed by atoms with van der Waals surface area (Å²) >= 11 is 0. The molecule has 7 nitrogen and oxygen atoms in total. The van der Waals surface area contributed by atoms with E-state index >= 15 is 0 Å². The Labute approximate surface area is 141 Å². The van der Waals surface area contributed by atoms with Gasteiger partial charge >= 0.3 is 6.09 Å². The minimum Gasteiger partial charge on any atom is -0.444 e. The third-order valence-electron chi connectivity index (χ3n) is 3.88. The van der Waals surface area contributed by atoms with Gasteiger partial charge in [-0.05, 0) is 39.0 Å². The average Bonchev–Trinajstić information content (AvgIpc) is 2.52. The van der Waals surface area contributed by atoms with E-state index in [-0.39, 0.29) is 12.1 Å². The Kier molecular flexibility index (Phi) is 4.28. The molecule has 2 aromatic rings. The zero-order chi connectivity index (χ0) is 17.3. The van der Waals surface area contributed by atoms with Crippen molar-refractivity contribution in [3.63, 3.8) is 0 Å². The molecule has 128 valence electrons. The fourth-order valence-electron chi connectivity index (χ4n) is 2.85. The summed E-state index contributed by atoms with van der Waals surface area (Å²) in [5.74, 6) is 0. The van der Waals surface area contributed by atoms with Crippen LogP contribution in [0.1, 0.15) is 32.5 Å². The van der Waals surface area contributed by atoms with Crippen molar-refractivity contribution in [3.05, 3.63) is 30.2 Å². The number of nitrogens with two attached hydrogens (primary N) is 1. The third kappa shape index (κ3) is 3.41. The number of carbonyl (C=O) groups excluding carboxylic acids is 1. The van der Waals surface area contributed by atoms with E-state index in [2.05, 4.69) is 15.3 Å². The summed E-state index contributed by atoms with van der Waals surface area (Å²) in [4.78, 5) is 23.1. The lowest BCUT2D eigenvalue weighted by Crippen LogP contribution is -2.50. The molecule has 1 fully saturated rings. The minimum absolute atomic E-state index is 0.221. The molecule has 1 aliphatic rings. The number of nitrogen functional groups attached to an aromatic ring is 1. The molecule has 24 heavy (non-hydrogen) atoms. The van der Waals surface area contributed by atoms with Gasteiger partial charge in [0.15, 0.2) is 0 Å². The number of hydrogen-bond donors (Lipinski definition) is 2. The lowest BCUT2D eigenvalue weighted by molar-refractivity contribution is 0.0115. The number of ether oxygens (including phenoxy) is 1. The molecule has 3 N–H and O–H groups in total. The van der Waals surface area contributed by atoms with Crippen molar-refractivity contribution in [2.75, 3.05) is 25.4 Å². The van der Waals surface area contributed by atoms with Gasteiger partial charge in [-0.3, -0.25) is 4.90 Å². The monoisotopic (exact) mass is 329 g/mol. The predicted molar refractivity (Wildman–Crippen MR) is 92.5 cm³/mol. The largest absolute Gasteiger partial charge is 0.444 e. The second-order valence-electron chi connectivity index (χ2n) is 6.93. The van der Waals surface area contributed by atoms with Gasteiger partial charge in [0.1, 0.15) is 11.9 Å². The van der Waals surface area contributed by atoms with Gasteiger partial charge in [0.2, 0.25) is 0 Å². The number of aromatic nitrogens is 2. The van der Waals surface area contributed by atoms with Crippen molar-refractivity contribution in [1.82, 2.24) is 20.2 Å². The average molecular weight is 329 g/mol. The van der Waals surface area contributed by atoms with Gasteiger partial charge in [0.05, 0.1) is 17.3 Å². The van der Waals surface area contributed by atoms with Crippen LogP contribution in [0.4, 0.5) is 10.5 Å². The van der Waals surface area contributed by atoms with E-state index in [1.165, 1.54) is 6.33 Å². The summed E-state index contributed by atoms with van der Waals surface area (Å²) in [5, 5.41) is 4.18. The molecule has 0 radical (unpaired) electrons. The summed E-state index contributed by atoms with van der Waals surface area (Å²) in [7, 11) is 0. The van der Waals surface area contributed by atoms with Crippen LogP contribution in [-0.2, 0) is 4.74 Å². The van der Waals surface area contributed by atoms with Crippen molar-refractivity contribution in [1.29, 1.82) is 0 Å². The van der Waals surface area contributed by atoms with E-state index in [1.54, 1.807) is 4.90 Å². The molecule has 0 spiro atoms. The SMILES string of the molecule is CC(C)(C)OC(=O)N1CCNCC1c1ncnc2ccc(N)cc12. The number of fused-ring (bicyclic) bond motifs is 1. The van der Waals surface area contributed by atoms with Crippen LogP contribution >= 0.6 is 0 Å². The first-order valence-electron chi connectivity index (χ1n) is 8.05. The first kappa shape index (κ1) is 16.4. The molecular formula is C17H23N5O2. The smallest absolute Gasteiger partial charge is 0.410 e. The van der Waals surface area contributed by atoms with Crippen LogP contribution in [0.2, 0.25) is 0 Å². The van der Waals surface area contributed by atoms with Crippen molar-refractivity contribution in [3.8, 4) is 0 Å². The van der Waals surface area contributed by atoms with Crippen molar-refractivity contribution < 1.29 is 9.53 Å². The van der Waals surface area contributed by atoms with Crippen LogP contribution in [0.5, 0.6) is 0 Å². The Balaban J connectivity index is 1.99. The molecule has 1 atom stereocenters. The number of nitrogens with one attached hydrogen (secondary N) is 1. The van der Waals surface area contributed by atoms with Gasteiger partial charge in [0.25, 0.3) is 0 Å². The van der Waals surface area contributed by atoms with E-state index < -0.39 is 5.60 Å². The fraction of sp³-hybridized carbons (Fsp3) is 0.471. The maximum Gasteiger partial charge on any atom is 0.410 e. The first-order valence-corrected chi connectivity index (χ1v) is 8.05. The van der Waals surface area contributed by atoms with Gasteiger partial charge in [0, 0.05) is 30.7 Å². The second-order valence-corrected chi connectivity index (χ2v) is 6.93. The van der Waals surface area contributed by atoms with Crippen LogP contribution in [0.3, 0.4) is 0 Å². The van der Waals surface area contributed by atoms with Crippen molar-refractivity contribution in [2.24, 2.45) is 0 Å². The Hall–Kier alpha value is -2.41. The van der Waals surface area contributed by atoms with Crippen LogP contribution in [0.25, 0.3) is 10.9 Å². The molecule has 1 amide bonds. The number of rotatable bonds is 1. The highest BCUT2D eigenvalue weighted by Crippen LogP contribution is 2.29. The molecule has 1 saturated heterocycles. The molecule has 0 saturated carbocycles. The number of benzene rings is 1. The molecule has 2 heterocycles. The molecule has 7 heteroatoms. The molecule has 1 unspecified atom stereocenters. The minimum atomic E-state index is -0.537. The summed E-state index contributed by atoms with van der Waals surface area (Å²) in [6.45, 7) is 7.49. The number of piperazine rings is 1. The number of hydrogen-bond acceptors (Lipinski definition) is 6. The summed E-state index contributed by atoms with van der Waals surface area (Å²) < 4.78 is 5.56. The zero-order valence-electron chi connectivity index (χ0n) is 14.2. The van der Waals surface area contributed by atoms with Crippen LogP contribution < -0.4 is 11.1 Å². The molecule has 1 aromatic heterocycles. The summed E-state index contributed by atoms with van der Waals surface area (Å²) in [6, 6.07) is 5.31. The molecule has 0 aliphatic carbocycles. The molecule has 0 bridgehead atoms. The Morgan fingerprint density at radius 3 is 2.92 bits per heavy atom. The first-order chi connectivity index (χ1) is 11.3. The quantitative estimate of drug-likeness (QED) is 0.778. The number of amides is 1. The van der Waals surface area contributed by atoms with Gasteiger partial charge < -0.3 is 15.8 Å². The second kappa shape index (κ2) is 6.24. The lowest BCUT2D eigenvalue weighted by Gasteiger charge is -2.37. The van der Waals surface area contributed by atoms with E-state index in [9.17, 15) is 4.79 Å². The van der Waals surface area contributed by atoms with Gasteiger partial charge in [-0.2, -0.15) is 0 Å². The Morgan fingerprint density at radius 1 is 1.38 bits per heavy atom.